The Labute approximate surface area is 125 Å². The maximum atomic E-state index is 12.6. The van der Waals surface area contributed by atoms with Crippen LogP contribution in [0.4, 0.5) is 4.79 Å². The van der Waals surface area contributed by atoms with Gasteiger partial charge in [0, 0.05) is 5.41 Å². The quantitative estimate of drug-likeness (QED) is 0.749. The van der Waals surface area contributed by atoms with E-state index in [0.29, 0.717) is 6.42 Å². The monoisotopic (exact) mass is 299 g/mol. The highest BCUT2D eigenvalue weighted by Gasteiger charge is 2.54. The van der Waals surface area contributed by atoms with E-state index in [1.165, 1.54) is 7.11 Å². The van der Waals surface area contributed by atoms with E-state index in [9.17, 15) is 14.4 Å². The Balaban J connectivity index is 3.09. The molecule has 1 heterocycles. The van der Waals surface area contributed by atoms with Crippen LogP contribution in [0, 0.1) is 5.41 Å². The zero-order valence-corrected chi connectivity index (χ0v) is 13.7. The van der Waals surface area contributed by atoms with Gasteiger partial charge in [-0.05, 0) is 33.6 Å². The minimum atomic E-state index is -0.908. The third-order valence-corrected chi connectivity index (χ3v) is 3.56. The molecule has 1 aliphatic heterocycles. The van der Waals surface area contributed by atoms with Crippen LogP contribution >= 0.6 is 0 Å². The standard InChI is InChI=1S/C15H25NO5/c1-7-8-15(5)9-10(11(17)20-6)16(12(15)18)13(19)21-14(2,3)4/h10H,7-9H2,1-6H3/t10-,15+/m0/s1. The topological polar surface area (TPSA) is 72.9 Å². The molecule has 0 unspecified atom stereocenters. The lowest BCUT2D eigenvalue weighted by Gasteiger charge is -2.26. The summed E-state index contributed by atoms with van der Waals surface area (Å²) in [5.74, 6) is -0.956. The number of esters is 1. The molecule has 0 aliphatic carbocycles. The summed E-state index contributed by atoms with van der Waals surface area (Å²) in [6.07, 6.45) is 0.880. The molecule has 0 bridgehead atoms. The molecular formula is C15H25NO5. The minimum absolute atomic E-state index is 0.269. The smallest absolute Gasteiger partial charge is 0.417 e. The second kappa shape index (κ2) is 6.03. The van der Waals surface area contributed by atoms with Gasteiger partial charge in [-0.1, -0.05) is 20.3 Å². The molecule has 0 aromatic rings. The van der Waals surface area contributed by atoms with Crippen molar-refractivity contribution in [1.29, 1.82) is 0 Å². The number of imide groups is 1. The molecule has 120 valence electrons. The molecule has 6 nitrogen and oxygen atoms in total. The van der Waals surface area contributed by atoms with E-state index >= 15 is 0 Å². The molecule has 2 atom stereocenters. The fraction of sp³-hybridized carbons (Fsp3) is 0.800. The zero-order chi connectivity index (χ0) is 16.4. The number of methoxy groups -OCH3 is 1. The van der Waals surface area contributed by atoms with Gasteiger partial charge in [0.05, 0.1) is 7.11 Å². The van der Waals surface area contributed by atoms with Crippen LogP contribution in [0.25, 0.3) is 0 Å². The maximum absolute atomic E-state index is 12.6. The van der Waals surface area contributed by atoms with Gasteiger partial charge in [-0.3, -0.25) is 4.79 Å². The van der Waals surface area contributed by atoms with Crippen LogP contribution in [0.2, 0.25) is 0 Å². The molecule has 21 heavy (non-hydrogen) atoms. The molecule has 1 rings (SSSR count). The van der Waals surface area contributed by atoms with Crippen molar-refractivity contribution in [3.63, 3.8) is 0 Å². The van der Waals surface area contributed by atoms with Crippen LogP contribution in [0.1, 0.15) is 53.9 Å². The van der Waals surface area contributed by atoms with Crippen molar-refractivity contribution in [3.05, 3.63) is 0 Å². The Morgan fingerprint density at radius 2 is 1.95 bits per heavy atom. The highest BCUT2D eigenvalue weighted by atomic mass is 16.6. The van der Waals surface area contributed by atoms with Crippen molar-refractivity contribution >= 4 is 18.0 Å². The number of rotatable bonds is 3. The van der Waals surface area contributed by atoms with E-state index < -0.39 is 29.1 Å². The molecule has 0 aromatic heterocycles. The van der Waals surface area contributed by atoms with Crippen molar-refractivity contribution in [2.24, 2.45) is 5.41 Å². The van der Waals surface area contributed by atoms with Gasteiger partial charge >= 0.3 is 12.1 Å². The van der Waals surface area contributed by atoms with Gasteiger partial charge in [-0.15, -0.1) is 0 Å². The summed E-state index contributed by atoms with van der Waals surface area (Å²) >= 11 is 0. The van der Waals surface area contributed by atoms with Crippen LogP contribution in [0.3, 0.4) is 0 Å². The summed E-state index contributed by atoms with van der Waals surface area (Å²) in [6, 6.07) is -0.908. The molecular weight excluding hydrogens is 274 g/mol. The van der Waals surface area contributed by atoms with E-state index in [4.69, 9.17) is 9.47 Å². The van der Waals surface area contributed by atoms with E-state index in [1.54, 1.807) is 27.7 Å². The highest BCUT2D eigenvalue weighted by Crippen LogP contribution is 2.40. The van der Waals surface area contributed by atoms with E-state index in [1.807, 2.05) is 6.92 Å². The van der Waals surface area contributed by atoms with Crippen molar-refractivity contribution in [2.75, 3.05) is 7.11 Å². The van der Waals surface area contributed by atoms with Gasteiger partial charge in [0.1, 0.15) is 11.6 Å². The van der Waals surface area contributed by atoms with Gasteiger partial charge < -0.3 is 9.47 Å². The molecule has 1 fully saturated rings. The zero-order valence-electron chi connectivity index (χ0n) is 13.7. The summed E-state index contributed by atoms with van der Waals surface area (Å²) in [4.78, 5) is 37.7. The summed E-state index contributed by atoms with van der Waals surface area (Å²) in [5, 5.41) is 0. The maximum Gasteiger partial charge on any atom is 0.417 e. The number of amides is 2. The summed E-state index contributed by atoms with van der Waals surface area (Å²) in [6.45, 7) is 8.87. The molecule has 0 saturated carbocycles. The van der Waals surface area contributed by atoms with Gasteiger partial charge in [-0.25, -0.2) is 14.5 Å². The number of nitrogens with zero attached hydrogens (tertiary/aromatic N) is 1. The molecule has 0 N–H and O–H groups in total. The molecule has 1 saturated heterocycles. The molecule has 2 amide bonds. The Hall–Kier alpha value is -1.59. The van der Waals surface area contributed by atoms with Crippen LogP contribution in [-0.2, 0) is 19.1 Å². The fourth-order valence-electron chi connectivity index (χ4n) is 2.64. The van der Waals surface area contributed by atoms with Gasteiger partial charge in [0.25, 0.3) is 0 Å². The summed E-state index contributed by atoms with van der Waals surface area (Å²) in [7, 11) is 1.25. The molecule has 1 aliphatic rings. The first kappa shape index (κ1) is 17.5. The first-order valence-electron chi connectivity index (χ1n) is 7.20. The van der Waals surface area contributed by atoms with Crippen LogP contribution < -0.4 is 0 Å². The molecule has 0 radical (unpaired) electrons. The third-order valence-electron chi connectivity index (χ3n) is 3.56. The molecule has 0 aromatic carbocycles. The number of ether oxygens (including phenoxy) is 2. The summed E-state index contributed by atoms with van der Waals surface area (Å²) < 4.78 is 9.97. The SMILES string of the molecule is CCC[C@]1(C)C[C@@H](C(=O)OC)N(C(=O)OC(C)(C)C)C1=O. The number of hydrogen-bond donors (Lipinski definition) is 0. The Morgan fingerprint density at radius 1 is 1.38 bits per heavy atom. The summed E-state index contributed by atoms with van der Waals surface area (Å²) in [5.41, 5.74) is -1.47. The number of likely N-dealkylation sites (tertiary alicyclic amines) is 1. The molecule has 6 heteroatoms. The van der Waals surface area contributed by atoms with E-state index in [0.717, 1.165) is 11.3 Å². The van der Waals surface area contributed by atoms with Crippen molar-refractivity contribution in [2.45, 2.75) is 65.5 Å². The predicted molar refractivity (Wildman–Crippen MR) is 76.5 cm³/mol. The predicted octanol–water partition coefficient (Wildman–Crippen LogP) is 2.50. The van der Waals surface area contributed by atoms with Gasteiger partial charge in [-0.2, -0.15) is 0 Å². The lowest BCUT2D eigenvalue weighted by atomic mass is 9.83. The second-order valence-electron chi connectivity index (χ2n) is 6.71. The number of hydrogen-bond acceptors (Lipinski definition) is 5. The fourth-order valence-corrected chi connectivity index (χ4v) is 2.64. The first-order valence-corrected chi connectivity index (χ1v) is 7.20. The Morgan fingerprint density at radius 3 is 2.38 bits per heavy atom. The molecule has 0 spiro atoms. The Kier molecular flexibility index (Phi) is 5.02. The van der Waals surface area contributed by atoms with Crippen LogP contribution in [0.5, 0.6) is 0 Å². The Bertz CT molecular complexity index is 440. The lowest BCUT2D eigenvalue weighted by Crippen LogP contribution is -2.46. The van der Waals surface area contributed by atoms with Gasteiger partial charge in [0.15, 0.2) is 0 Å². The third kappa shape index (κ3) is 3.74. The average Bonchev–Trinajstić information content (AvgIpc) is 2.60. The minimum Gasteiger partial charge on any atom is -0.467 e. The van der Waals surface area contributed by atoms with Gasteiger partial charge in [0.2, 0.25) is 5.91 Å². The average molecular weight is 299 g/mol. The highest BCUT2D eigenvalue weighted by molar-refractivity contribution is 6.02. The van der Waals surface area contributed by atoms with Crippen molar-refractivity contribution in [1.82, 2.24) is 4.90 Å². The number of carbonyl (C=O) groups excluding carboxylic acids is 3. The first-order chi connectivity index (χ1) is 9.55. The van der Waals surface area contributed by atoms with Crippen LogP contribution in [0.15, 0.2) is 0 Å². The van der Waals surface area contributed by atoms with E-state index in [-0.39, 0.29) is 12.3 Å². The van der Waals surface area contributed by atoms with Crippen molar-refractivity contribution < 1.29 is 23.9 Å². The number of carbonyl (C=O) groups is 3. The largest absolute Gasteiger partial charge is 0.467 e. The second-order valence-corrected chi connectivity index (χ2v) is 6.71. The van der Waals surface area contributed by atoms with E-state index in [2.05, 4.69) is 0 Å². The van der Waals surface area contributed by atoms with Crippen molar-refractivity contribution in [3.8, 4) is 0 Å². The lowest BCUT2D eigenvalue weighted by molar-refractivity contribution is -0.149. The van der Waals surface area contributed by atoms with Crippen LogP contribution in [-0.4, -0.2) is 41.6 Å². The normalized spacial score (nSPS) is 25.9.